The lowest BCUT2D eigenvalue weighted by atomic mass is 9.97. The van der Waals surface area contributed by atoms with Gasteiger partial charge in [0.25, 0.3) is 0 Å². The smallest absolute Gasteiger partial charge is 0.321 e. The molecule has 8 heteroatoms. The van der Waals surface area contributed by atoms with Gasteiger partial charge in [0.1, 0.15) is 5.69 Å². The number of carbonyl (C=O) groups excluding carboxylic acids is 1. The van der Waals surface area contributed by atoms with Gasteiger partial charge in [0.05, 0.1) is 0 Å². The molecule has 8 nitrogen and oxygen atoms in total. The van der Waals surface area contributed by atoms with Gasteiger partial charge < -0.3 is 19.6 Å². The van der Waals surface area contributed by atoms with Crippen molar-refractivity contribution in [2.75, 3.05) is 36.4 Å². The second-order valence-electron chi connectivity index (χ2n) is 8.46. The predicted octanol–water partition coefficient (Wildman–Crippen LogP) is 4.53. The fourth-order valence-electron chi connectivity index (χ4n) is 4.44. The Hall–Kier alpha value is -3.42. The standard InChI is InChI=1S/C24H28N6O2/c31-24(26-19-7-9-20(10-8-19)29-14-4-1-5-15-29)30-16-11-18(12-17-30)23-27-22(28-32-23)21-6-2-3-13-25-21/h2-3,6-10,13,18H,1,4-5,11-12,14-17H2,(H,26,31). The Morgan fingerprint density at radius 3 is 2.47 bits per heavy atom. The molecule has 1 aromatic carbocycles. The average molecular weight is 433 g/mol. The lowest BCUT2D eigenvalue weighted by Gasteiger charge is -2.30. The van der Waals surface area contributed by atoms with Gasteiger partial charge in [-0.15, -0.1) is 0 Å². The number of aromatic nitrogens is 3. The number of pyridine rings is 1. The fraction of sp³-hybridized carbons (Fsp3) is 0.417. The Bertz CT molecular complexity index is 1020. The van der Waals surface area contributed by atoms with Crippen LogP contribution in [0.25, 0.3) is 11.5 Å². The first-order valence-electron chi connectivity index (χ1n) is 11.4. The number of amides is 2. The third-order valence-electron chi connectivity index (χ3n) is 6.31. The molecule has 2 saturated heterocycles. The number of benzene rings is 1. The van der Waals surface area contributed by atoms with Crippen LogP contribution in [0.15, 0.2) is 53.2 Å². The van der Waals surface area contributed by atoms with Crippen LogP contribution < -0.4 is 10.2 Å². The summed E-state index contributed by atoms with van der Waals surface area (Å²) in [5, 5.41) is 7.10. The summed E-state index contributed by atoms with van der Waals surface area (Å²) in [6.07, 6.45) is 7.13. The Morgan fingerprint density at radius 2 is 1.75 bits per heavy atom. The van der Waals surface area contributed by atoms with Crippen molar-refractivity contribution in [1.29, 1.82) is 0 Å². The molecule has 3 aromatic rings. The molecule has 0 saturated carbocycles. The lowest BCUT2D eigenvalue weighted by Crippen LogP contribution is -2.40. The molecule has 0 spiro atoms. The minimum Gasteiger partial charge on any atom is -0.372 e. The van der Waals surface area contributed by atoms with Gasteiger partial charge in [0, 0.05) is 49.7 Å². The van der Waals surface area contributed by atoms with Gasteiger partial charge in [-0.25, -0.2) is 4.79 Å². The largest absolute Gasteiger partial charge is 0.372 e. The van der Waals surface area contributed by atoms with Gasteiger partial charge in [-0.1, -0.05) is 11.2 Å². The van der Waals surface area contributed by atoms with Gasteiger partial charge >= 0.3 is 6.03 Å². The van der Waals surface area contributed by atoms with E-state index in [1.165, 1.54) is 24.9 Å². The number of rotatable bonds is 4. The van der Waals surface area contributed by atoms with Crippen LogP contribution in [0, 0.1) is 0 Å². The monoisotopic (exact) mass is 432 g/mol. The molecule has 2 amide bonds. The third-order valence-corrected chi connectivity index (χ3v) is 6.31. The highest BCUT2D eigenvalue weighted by Gasteiger charge is 2.28. The molecule has 2 aromatic heterocycles. The molecular formula is C24H28N6O2. The maximum Gasteiger partial charge on any atom is 0.321 e. The van der Waals surface area contributed by atoms with E-state index in [2.05, 4.69) is 37.5 Å². The van der Waals surface area contributed by atoms with E-state index in [1.807, 2.05) is 35.2 Å². The third kappa shape index (κ3) is 4.59. The highest BCUT2D eigenvalue weighted by atomic mass is 16.5. The topological polar surface area (TPSA) is 87.4 Å². The molecule has 2 aliphatic heterocycles. The van der Waals surface area contributed by atoms with Crippen LogP contribution in [0.4, 0.5) is 16.2 Å². The maximum absolute atomic E-state index is 12.7. The predicted molar refractivity (Wildman–Crippen MR) is 123 cm³/mol. The zero-order valence-electron chi connectivity index (χ0n) is 18.1. The van der Waals surface area contributed by atoms with E-state index < -0.39 is 0 Å². The van der Waals surface area contributed by atoms with Crippen LogP contribution >= 0.6 is 0 Å². The highest BCUT2D eigenvalue weighted by Crippen LogP contribution is 2.29. The molecule has 166 valence electrons. The van der Waals surface area contributed by atoms with E-state index in [0.29, 0.717) is 30.5 Å². The summed E-state index contributed by atoms with van der Waals surface area (Å²) in [4.78, 5) is 25.8. The normalized spacial score (nSPS) is 17.4. The van der Waals surface area contributed by atoms with E-state index in [0.717, 1.165) is 31.6 Å². The van der Waals surface area contributed by atoms with E-state index in [4.69, 9.17) is 4.52 Å². The Morgan fingerprint density at radius 1 is 0.969 bits per heavy atom. The summed E-state index contributed by atoms with van der Waals surface area (Å²) in [5.74, 6) is 1.29. The van der Waals surface area contributed by atoms with Crippen LogP contribution in [-0.4, -0.2) is 52.2 Å². The second kappa shape index (κ2) is 9.38. The lowest BCUT2D eigenvalue weighted by molar-refractivity contribution is 0.187. The van der Waals surface area contributed by atoms with Crippen molar-refractivity contribution in [2.45, 2.75) is 38.0 Å². The summed E-state index contributed by atoms with van der Waals surface area (Å²) < 4.78 is 5.49. The number of carbonyl (C=O) groups is 1. The SMILES string of the molecule is O=C(Nc1ccc(N2CCCCC2)cc1)N1CCC(c2nc(-c3ccccn3)no2)CC1. The highest BCUT2D eigenvalue weighted by molar-refractivity contribution is 5.89. The van der Waals surface area contributed by atoms with E-state index in [1.54, 1.807) is 6.20 Å². The second-order valence-corrected chi connectivity index (χ2v) is 8.46. The van der Waals surface area contributed by atoms with E-state index in [-0.39, 0.29) is 11.9 Å². The Labute approximate surface area is 187 Å². The van der Waals surface area contributed by atoms with Gasteiger partial charge in [-0.05, 0) is 68.5 Å². The number of nitrogens with one attached hydrogen (secondary N) is 1. The zero-order valence-corrected chi connectivity index (χ0v) is 18.1. The number of piperidine rings is 2. The van der Waals surface area contributed by atoms with Crippen LogP contribution in [0.2, 0.25) is 0 Å². The Kier molecular flexibility index (Phi) is 6.00. The van der Waals surface area contributed by atoms with Crippen LogP contribution in [0.1, 0.15) is 43.9 Å². The minimum absolute atomic E-state index is 0.0612. The number of urea groups is 1. The molecular weight excluding hydrogens is 404 g/mol. The molecule has 5 rings (SSSR count). The van der Waals surface area contributed by atoms with Gasteiger partial charge in [-0.3, -0.25) is 4.98 Å². The molecule has 32 heavy (non-hydrogen) atoms. The summed E-state index contributed by atoms with van der Waals surface area (Å²) >= 11 is 0. The summed E-state index contributed by atoms with van der Waals surface area (Å²) in [7, 11) is 0. The Balaban J connectivity index is 1.13. The van der Waals surface area contributed by atoms with Crippen LogP contribution in [0.3, 0.4) is 0 Å². The summed E-state index contributed by atoms with van der Waals surface area (Å²) in [6, 6.07) is 13.7. The molecule has 0 unspecified atom stereocenters. The number of nitrogens with zero attached hydrogens (tertiary/aromatic N) is 5. The average Bonchev–Trinajstić information content (AvgIpc) is 3.36. The molecule has 4 heterocycles. The number of anilines is 2. The molecule has 1 N–H and O–H groups in total. The molecule has 2 aliphatic rings. The number of hydrogen-bond donors (Lipinski definition) is 1. The van der Waals surface area contributed by atoms with Crippen molar-refractivity contribution in [3.63, 3.8) is 0 Å². The first kappa shape index (κ1) is 20.5. The molecule has 0 bridgehead atoms. The minimum atomic E-state index is -0.0612. The van der Waals surface area contributed by atoms with Crippen molar-refractivity contribution in [3.8, 4) is 11.5 Å². The molecule has 2 fully saturated rings. The fourth-order valence-corrected chi connectivity index (χ4v) is 4.44. The van der Waals surface area contributed by atoms with Gasteiger partial charge in [0.2, 0.25) is 11.7 Å². The summed E-state index contributed by atoms with van der Waals surface area (Å²) in [5.41, 5.74) is 2.76. The first-order chi connectivity index (χ1) is 15.8. The molecule has 0 aliphatic carbocycles. The zero-order chi connectivity index (χ0) is 21.8. The van der Waals surface area contributed by atoms with E-state index >= 15 is 0 Å². The quantitative estimate of drug-likeness (QED) is 0.652. The van der Waals surface area contributed by atoms with Crippen molar-refractivity contribution < 1.29 is 9.32 Å². The van der Waals surface area contributed by atoms with Crippen molar-refractivity contribution >= 4 is 17.4 Å². The van der Waals surface area contributed by atoms with E-state index in [9.17, 15) is 4.79 Å². The van der Waals surface area contributed by atoms with Crippen molar-refractivity contribution in [1.82, 2.24) is 20.0 Å². The van der Waals surface area contributed by atoms with Crippen molar-refractivity contribution in [2.24, 2.45) is 0 Å². The first-order valence-corrected chi connectivity index (χ1v) is 11.4. The van der Waals surface area contributed by atoms with Gasteiger partial charge in [0.15, 0.2) is 0 Å². The maximum atomic E-state index is 12.7. The number of likely N-dealkylation sites (tertiary alicyclic amines) is 1. The summed E-state index contributed by atoms with van der Waals surface area (Å²) in [6.45, 7) is 3.54. The van der Waals surface area contributed by atoms with Crippen molar-refractivity contribution in [3.05, 3.63) is 54.6 Å². The van der Waals surface area contributed by atoms with Gasteiger partial charge in [-0.2, -0.15) is 4.98 Å². The van der Waals surface area contributed by atoms with Crippen LogP contribution in [0.5, 0.6) is 0 Å². The molecule has 0 radical (unpaired) electrons. The van der Waals surface area contributed by atoms with Crippen LogP contribution in [-0.2, 0) is 0 Å². The molecule has 0 atom stereocenters. The number of hydrogen-bond acceptors (Lipinski definition) is 6.